The van der Waals surface area contributed by atoms with Crippen LogP contribution in [-0.4, -0.2) is 7.11 Å². The molecule has 1 aromatic carbocycles. The second-order valence-electron chi connectivity index (χ2n) is 3.64. The lowest BCUT2D eigenvalue weighted by Crippen LogP contribution is -2.12. The van der Waals surface area contributed by atoms with Gasteiger partial charge in [0.25, 0.3) is 0 Å². The maximum atomic E-state index is 5.25. The molecular weight excluding hydrogens is 282 g/mol. The molecule has 0 bridgehead atoms. The highest BCUT2D eigenvalue weighted by Crippen LogP contribution is 2.22. The summed E-state index contributed by atoms with van der Waals surface area (Å²) < 4.78 is 11.5. The standard InChI is InChI=1S/C13H14BrNO2/c1-16-11-4-5-13(14)10(7-11)8-15-9-12-3-2-6-17-12/h2-7,15H,8-9H2,1H3. The third kappa shape index (κ3) is 3.35. The van der Waals surface area contributed by atoms with Crippen molar-refractivity contribution in [2.24, 2.45) is 0 Å². The minimum Gasteiger partial charge on any atom is -0.497 e. The Hall–Kier alpha value is -1.26. The topological polar surface area (TPSA) is 34.4 Å². The minimum atomic E-state index is 0.719. The van der Waals surface area contributed by atoms with Crippen molar-refractivity contribution in [3.05, 3.63) is 52.4 Å². The van der Waals surface area contributed by atoms with E-state index in [1.165, 1.54) is 0 Å². The number of rotatable bonds is 5. The first-order valence-corrected chi connectivity index (χ1v) is 6.14. The first kappa shape index (κ1) is 12.2. The summed E-state index contributed by atoms with van der Waals surface area (Å²) in [5.41, 5.74) is 1.16. The fraction of sp³-hybridized carbons (Fsp3) is 0.231. The van der Waals surface area contributed by atoms with Gasteiger partial charge >= 0.3 is 0 Å². The summed E-state index contributed by atoms with van der Waals surface area (Å²) >= 11 is 3.52. The van der Waals surface area contributed by atoms with E-state index in [9.17, 15) is 0 Å². The molecule has 0 aliphatic heterocycles. The van der Waals surface area contributed by atoms with Crippen LogP contribution in [0.3, 0.4) is 0 Å². The van der Waals surface area contributed by atoms with Gasteiger partial charge in [0.15, 0.2) is 0 Å². The van der Waals surface area contributed by atoms with Gasteiger partial charge in [-0.1, -0.05) is 15.9 Å². The summed E-state index contributed by atoms with van der Waals surface area (Å²) in [7, 11) is 1.67. The number of furan rings is 1. The second kappa shape index (κ2) is 5.89. The third-order valence-electron chi connectivity index (χ3n) is 2.45. The normalized spacial score (nSPS) is 10.5. The number of halogens is 1. The number of nitrogens with one attached hydrogen (secondary N) is 1. The monoisotopic (exact) mass is 295 g/mol. The van der Waals surface area contributed by atoms with Crippen molar-refractivity contribution < 1.29 is 9.15 Å². The highest BCUT2D eigenvalue weighted by Gasteiger charge is 2.02. The van der Waals surface area contributed by atoms with Crippen LogP contribution in [0.1, 0.15) is 11.3 Å². The van der Waals surface area contributed by atoms with Crippen LogP contribution in [-0.2, 0) is 13.1 Å². The smallest absolute Gasteiger partial charge is 0.119 e. The summed E-state index contributed by atoms with van der Waals surface area (Å²) in [6.07, 6.45) is 1.68. The van der Waals surface area contributed by atoms with Crippen molar-refractivity contribution in [1.82, 2.24) is 5.32 Å². The minimum absolute atomic E-state index is 0.719. The predicted octanol–water partition coefficient (Wildman–Crippen LogP) is 3.34. The molecule has 2 aromatic rings. The van der Waals surface area contributed by atoms with Crippen molar-refractivity contribution in [1.29, 1.82) is 0 Å². The van der Waals surface area contributed by atoms with E-state index >= 15 is 0 Å². The lowest BCUT2D eigenvalue weighted by Gasteiger charge is -2.08. The molecule has 1 N–H and O–H groups in total. The van der Waals surface area contributed by atoms with E-state index in [-0.39, 0.29) is 0 Å². The molecule has 0 saturated heterocycles. The van der Waals surface area contributed by atoms with Gasteiger partial charge in [0.1, 0.15) is 11.5 Å². The fourth-order valence-electron chi connectivity index (χ4n) is 1.55. The van der Waals surface area contributed by atoms with Gasteiger partial charge in [-0.3, -0.25) is 0 Å². The van der Waals surface area contributed by atoms with Gasteiger partial charge in [-0.2, -0.15) is 0 Å². The van der Waals surface area contributed by atoms with Gasteiger partial charge in [-0.15, -0.1) is 0 Å². The molecule has 0 aliphatic carbocycles. The van der Waals surface area contributed by atoms with Crippen molar-refractivity contribution in [3.8, 4) is 5.75 Å². The van der Waals surface area contributed by atoms with Crippen LogP contribution in [0.5, 0.6) is 5.75 Å². The Morgan fingerprint density at radius 1 is 1.29 bits per heavy atom. The lowest BCUT2D eigenvalue weighted by atomic mass is 10.2. The van der Waals surface area contributed by atoms with E-state index in [1.807, 2.05) is 30.3 Å². The molecule has 17 heavy (non-hydrogen) atoms. The van der Waals surface area contributed by atoms with Crippen LogP contribution in [0, 0.1) is 0 Å². The summed E-state index contributed by atoms with van der Waals surface area (Å²) in [6, 6.07) is 9.77. The maximum Gasteiger partial charge on any atom is 0.119 e. The van der Waals surface area contributed by atoms with Gasteiger partial charge in [0, 0.05) is 11.0 Å². The number of ether oxygens (including phenoxy) is 1. The molecule has 1 heterocycles. The number of hydrogen-bond acceptors (Lipinski definition) is 3. The molecular formula is C13H14BrNO2. The molecule has 0 unspecified atom stereocenters. The lowest BCUT2D eigenvalue weighted by molar-refractivity contribution is 0.413. The first-order chi connectivity index (χ1) is 8.29. The summed E-state index contributed by atoms with van der Waals surface area (Å²) in [5.74, 6) is 1.80. The molecule has 0 radical (unpaired) electrons. The molecule has 0 aliphatic rings. The Bertz CT molecular complexity index is 468. The molecule has 0 amide bonds. The molecule has 0 spiro atoms. The predicted molar refractivity (Wildman–Crippen MR) is 69.9 cm³/mol. The molecule has 90 valence electrons. The molecule has 0 atom stereocenters. The number of methoxy groups -OCH3 is 1. The van der Waals surface area contributed by atoms with Crippen molar-refractivity contribution in [3.63, 3.8) is 0 Å². The average Bonchev–Trinajstić information content (AvgIpc) is 2.84. The highest BCUT2D eigenvalue weighted by atomic mass is 79.9. The molecule has 0 fully saturated rings. The molecule has 4 heteroatoms. The quantitative estimate of drug-likeness (QED) is 0.919. The van der Waals surface area contributed by atoms with E-state index in [0.29, 0.717) is 0 Å². The Morgan fingerprint density at radius 3 is 2.88 bits per heavy atom. The van der Waals surface area contributed by atoms with E-state index in [1.54, 1.807) is 13.4 Å². The van der Waals surface area contributed by atoms with E-state index < -0.39 is 0 Å². The summed E-state index contributed by atoms with van der Waals surface area (Å²) in [6.45, 7) is 1.48. The van der Waals surface area contributed by atoms with Gasteiger partial charge < -0.3 is 14.5 Å². The van der Waals surface area contributed by atoms with E-state index in [2.05, 4.69) is 21.2 Å². The molecule has 2 rings (SSSR count). The highest BCUT2D eigenvalue weighted by molar-refractivity contribution is 9.10. The zero-order chi connectivity index (χ0) is 12.1. The van der Waals surface area contributed by atoms with Crippen LogP contribution >= 0.6 is 15.9 Å². The van der Waals surface area contributed by atoms with Gasteiger partial charge in [0.2, 0.25) is 0 Å². The number of benzene rings is 1. The third-order valence-corrected chi connectivity index (χ3v) is 3.22. The SMILES string of the molecule is COc1ccc(Br)c(CNCc2ccco2)c1. The van der Waals surface area contributed by atoms with Gasteiger partial charge in [-0.05, 0) is 35.9 Å². The fourth-order valence-corrected chi connectivity index (χ4v) is 1.93. The Kier molecular flexibility index (Phi) is 4.23. The van der Waals surface area contributed by atoms with E-state index in [4.69, 9.17) is 9.15 Å². The zero-order valence-electron chi connectivity index (χ0n) is 9.57. The number of hydrogen-bond donors (Lipinski definition) is 1. The van der Waals surface area contributed by atoms with Crippen LogP contribution in [0.2, 0.25) is 0 Å². The largest absolute Gasteiger partial charge is 0.497 e. The second-order valence-corrected chi connectivity index (χ2v) is 4.49. The van der Waals surface area contributed by atoms with Crippen LogP contribution in [0.15, 0.2) is 45.5 Å². The van der Waals surface area contributed by atoms with Crippen LogP contribution in [0.25, 0.3) is 0 Å². The zero-order valence-corrected chi connectivity index (χ0v) is 11.2. The molecule has 3 nitrogen and oxygen atoms in total. The average molecular weight is 296 g/mol. The van der Waals surface area contributed by atoms with Crippen molar-refractivity contribution in [2.45, 2.75) is 13.1 Å². The summed E-state index contributed by atoms with van der Waals surface area (Å²) in [4.78, 5) is 0. The maximum absolute atomic E-state index is 5.25. The first-order valence-electron chi connectivity index (χ1n) is 5.35. The van der Waals surface area contributed by atoms with Crippen LogP contribution < -0.4 is 10.1 Å². The van der Waals surface area contributed by atoms with Crippen molar-refractivity contribution >= 4 is 15.9 Å². The van der Waals surface area contributed by atoms with Crippen LogP contribution in [0.4, 0.5) is 0 Å². The Labute approximate surface area is 109 Å². The molecule has 1 aromatic heterocycles. The Morgan fingerprint density at radius 2 is 2.18 bits per heavy atom. The van der Waals surface area contributed by atoms with E-state index in [0.717, 1.165) is 34.6 Å². The summed E-state index contributed by atoms with van der Waals surface area (Å²) in [5, 5.41) is 3.32. The van der Waals surface area contributed by atoms with Gasteiger partial charge in [-0.25, -0.2) is 0 Å². The van der Waals surface area contributed by atoms with Crippen molar-refractivity contribution in [2.75, 3.05) is 7.11 Å². The Balaban J connectivity index is 1.94. The van der Waals surface area contributed by atoms with Gasteiger partial charge in [0.05, 0.1) is 19.9 Å². The molecule has 0 saturated carbocycles.